The molecule has 0 aliphatic carbocycles. The van der Waals surface area contributed by atoms with Gasteiger partial charge in [-0.15, -0.1) is 0 Å². The largest absolute Gasteiger partial charge is 0.358 e. The van der Waals surface area contributed by atoms with E-state index < -0.39 is 0 Å². The van der Waals surface area contributed by atoms with Crippen LogP contribution < -0.4 is 10.9 Å². The van der Waals surface area contributed by atoms with Crippen molar-refractivity contribution < 1.29 is 14.4 Å². The van der Waals surface area contributed by atoms with Crippen LogP contribution >= 0.6 is 0 Å². The van der Waals surface area contributed by atoms with Crippen LogP contribution in [0.3, 0.4) is 0 Å². The van der Waals surface area contributed by atoms with Crippen molar-refractivity contribution in [3.8, 4) is 0 Å². The normalized spacial score (nSPS) is 14.6. The van der Waals surface area contributed by atoms with Crippen LogP contribution in [0.25, 0.3) is 10.9 Å². The van der Waals surface area contributed by atoms with Crippen LogP contribution in [0.5, 0.6) is 0 Å². The smallest absolute Gasteiger partial charge is 0.255 e. The Morgan fingerprint density at radius 1 is 0.861 bits per heavy atom. The van der Waals surface area contributed by atoms with Crippen molar-refractivity contribution in [2.24, 2.45) is 0 Å². The molecule has 1 aliphatic rings. The summed E-state index contributed by atoms with van der Waals surface area (Å²) in [5.41, 5.74) is 10.7. The zero-order chi connectivity index (χ0) is 25.1. The van der Waals surface area contributed by atoms with E-state index in [4.69, 9.17) is 0 Å². The second kappa shape index (κ2) is 10.1. The molecule has 182 valence electrons. The molecule has 1 aliphatic heterocycles. The van der Waals surface area contributed by atoms with E-state index in [1.165, 1.54) is 0 Å². The lowest BCUT2D eigenvalue weighted by molar-refractivity contribution is -0.129. The Bertz CT molecular complexity index is 1430. The molecule has 1 aromatic heterocycles. The summed E-state index contributed by atoms with van der Waals surface area (Å²) in [6, 6.07) is 25.1. The maximum atomic E-state index is 13.4. The minimum atomic E-state index is -0.346. The number of H-pyrrole nitrogens is 1. The van der Waals surface area contributed by atoms with E-state index in [1.54, 1.807) is 4.90 Å². The van der Waals surface area contributed by atoms with Gasteiger partial charge in [-0.2, -0.15) is 0 Å². The van der Waals surface area contributed by atoms with Gasteiger partial charge in [-0.1, -0.05) is 66.7 Å². The number of aromatic amines is 1. The molecule has 0 saturated heterocycles. The first-order valence-electron chi connectivity index (χ1n) is 12.1. The summed E-state index contributed by atoms with van der Waals surface area (Å²) in [5.74, 6) is -0.703. The summed E-state index contributed by atoms with van der Waals surface area (Å²) in [5, 5.41) is 1.06. The molecule has 5 rings (SSSR count). The number of amides is 3. The van der Waals surface area contributed by atoms with Crippen LogP contribution in [-0.2, 0) is 16.0 Å². The number of nitrogens with zero attached hydrogens (tertiary/aromatic N) is 1. The molecule has 0 bridgehead atoms. The van der Waals surface area contributed by atoms with Gasteiger partial charge in [0.2, 0.25) is 11.8 Å². The molecule has 0 fully saturated rings. The Kier molecular flexibility index (Phi) is 6.54. The number of benzene rings is 3. The standard InChI is InChI=1S/C29H28N4O3/c1-19-27(23-13-7-8-14-24(23)30-19)28-21-11-5-6-12-22(21)29(36)33(28)18-17-26(35)32-31-25(34)16-15-20-9-3-2-4-10-20/h2-14,28,30H,15-18H2,1H3,(H,31,34)(H,32,35)/t28-/m0/s1. The summed E-state index contributed by atoms with van der Waals surface area (Å²) in [4.78, 5) is 43.3. The zero-order valence-electron chi connectivity index (χ0n) is 20.1. The summed E-state index contributed by atoms with van der Waals surface area (Å²) >= 11 is 0. The SMILES string of the molecule is Cc1[nH]c2ccccc2c1[C@@H]1c2ccccc2C(=O)N1CCC(=O)NNC(=O)CCc1ccccc1. The molecule has 7 heteroatoms. The number of hydrazine groups is 1. The van der Waals surface area contributed by atoms with Gasteiger partial charge in [-0.05, 0) is 36.6 Å². The summed E-state index contributed by atoms with van der Waals surface area (Å²) in [6.07, 6.45) is 0.928. The molecule has 0 unspecified atom stereocenters. The highest BCUT2D eigenvalue weighted by Gasteiger charge is 2.39. The van der Waals surface area contributed by atoms with Crippen molar-refractivity contribution >= 4 is 28.6 Å². The Morgan fingerprint density at radius 2 is 1.53 bits per heavy atom. The van der Waals surface area contributed by atoms with E-state index in [0.717, 1.165) is 33.3 Å². The number of hydrogen-bond acceptors (Lipinski definition) is 3. The third-order valence-electron chi connectivity index (χ3n) is 6.68. The Morgan fingerprint density at radius 3 is 2.33 bits per heavy atom. The topological polar surface area (TPSA) is 94.3 Å². The van der Waals surface area contributed by atoms with Crippen LogP contribution in [0.1, 0.15) is 51.6 Å². The second-order valence-corrected chi connectivity index (χ2v) is 9.03. The molecule has 3 N–H and O–H groups in total. The highest BCUT2D eigenvalue weighted by molar-refractivity contribution is 6.01. The van der Waals surface area contributed by atoms with Gasteiger partial charge < -0.3 is 9.88 Å². The number of carbonyl (C=O) groups excluding carboxylic acids is 3. The first-order chi connectivity index (χ1) is 17.5. The van der Waals surface area contributed by atoms with Crippen molar-refractivity contribution in [1.82, 2.24) is 20.7 Å². The average molecular weight is 481 g/mol. The van der Waals surface area contributed by atoms with Gasteiger partial charge in [-0.3, -0.25) is 25.2 Å². The molecule has 3 amide bonds. The summed E-state index contributed by atoms with van der Waals surface area (Å²) < 4.78 is 0. The first-order valence-corrected chi connectivity index (χ1v) is 12.1. The van der Waals surface area contributed by atoms with Gasteiger partial charge in [0.25, 0.3) is 5.91 Å². The van der Waals surface area contributed by atoms with Crippen LogP contribution in [0.4, 0.5) is 0 Å². The lowest BCUT2D eigenvalue weighted by Gasteiger charge is -2.26. The third-order valence-corrected chi connectivity index (χ3v) is 6.68. The molecule has 2 heterocycles. The summed E-state index contributed by atoms with van der Waals surface area (Å²) in [6.45, 7) is 2.24. The second-order valence-electron chi connectivity index (χ2n) is 9.03. The Labute approximate surface area is 209 Å². The zero-order valence-corrected chi connectivity index (χ0v) is 20.1. The molecular formula is C29H28N4O3. The van der Waals surface area contributed by atoms with E-state index in [1.807, 2.05) is 79.7 Å². The quantitative estimate of drug-likeness (QED) is 0.346. The van der Waals surface area contributed by atoms with Crippen molar-refractivity contribution in [1.29, 1.82) is 0 Å². The number of hydrogen-bond donors (Lipinski definition) is 3. The van der Waals surface area contributed by atoms with Crippen LogP contribution in [0.15, 0.2) is 78.9 Å². The number of nitrogens with one attached hydrogen (secondary N) is 3. The van der Waals surface area contributed by atoms with E-state index in [2.05, 4.69) is 21.9 Å². The van der Waals surface area contributed by atoms with Gasteiger partial charge >= 0.3 is 0 Å². The fraction of sp³-hybridized carbons (Fsp3) is 0.207. The number of rotatable bonds is 7. The Hall–Kier alpha value is -4.39. The van der Waals surface area contributed by atoms with Gasteiger partial charge in [0, 0.05) is 47.1 Å². The summed E-state index contributed by atoms with van der Waals surface area (Å²) in [7, 11) is 0. The highest BCUT2D eigenvalue weighted by Crippen LogP contribution is 2.42. The minimum absolute atomic E-state index is 0.0661. The molecule has 36 heavy (non-hydrogen) atoms. The van der Waals surface area contributed by atoms with Crippen molar-refractivity contribution in [3.05, 3.63) is 107 Å². The van der Waals surface area contributed by atoms with E-state index in [-0.39, 0.29) is 43.1 Å². The first kappa shape index (κ1) is 23.4. The number of para-hydroxylation sites is 1. The molecule has 4 aromatic rings. The van der Waals surface area contributed by atoms with Gasteiger partial charge in [0.1, 0.15) is 0 Å². The molecule has 7 nitrogen and oxygen atoms in total. The van der Waals surface area contributed by atoms with Crippen molar-refractivity contribution in [3.63, 3.8) is 0 Å². The van der Waals surface area contributed by atoms with E-state index in [9.17, 15) is 14.4 Å². The van der Waals surface area contributed by atoms with Crippen molar-refractivity contribution in [2.75, 3.05) is 6.54 Å². The predicted molar refractivity (Wildman–Crippen MR) is 138 cm³/mol. The number of aryl methyl sites for hydroxylation is 2. The fourth-order valence-electron chi connectivity index (χ4n) is 4.95. The van der Waals surface area contributed by atoms with Crippen LogP contribution in [0.2, 0.25) is 0 Å². The van der Waals surface area contributed by atoms with E-state index in [0.29, 0.717) is 12.0 Å². The predicted octanol–water partition coefficient (Wildman–Crippen LogP) is 4.19. The molecule has 0 spiro atoms. The van der Waals surface area contributed by atoms with Crippen LogP contribution in [0, 0.1) is 6.92 Å². The number of aromatic nitrogens is 1. The molecule has 0 saturated carbocycles. The van der Waals surface area contributed by atoms with Gasteiger partial charge in [-0.25, -0.2) is 0 Å². The van der Waals surface area contributed by atoms with Gasteiger partial charge in [0.05, 0.1) is 6.04 Å². The molecule has 3 aromatic carbocycles. The maximum absolute atomic E-state index is 13.4. The molecule has 0 radical (unpaired) electrons. The average Bonchev–Trinajstić information content (AvgIpc) is 3.38. The number of fused-ring (bicyclic) bond motifs is 2. The highest BCUT2D eigenvalue weighted by atomic mass is 16.2. The maximum Gasteiger partial charge on any atom is 0.255 e. The van der Waals surface area contributed by atoms with Crippen molar-refractivity contribution in [2.45, 2.75) is 32.2 Å². The number of carbonyl (C=O) groups is 3. The lowest BCUT2D eigenvalue weighted by atomic mass is 9.95. The lowest BCUT2D eigenvalue weighted by Crippen LogP contribution is -2.43. The van der Waals surface area contributed by atoms with E-state index >= 15 is 0 Å². The molecular weight excluding hydrogens is 452 g/mol. The van der Waals surface area contributed by atoms with Crippen LogP contribution in [-0.4, -0.2) is 34.2 Å². The monoisotopic (exact) mass is 480 g/mol. The fourth-order valence-corrected chi connectivity index (χ4v) is 4.95. The third kappa shape index (κ3) is 4.60. The van der Waals surface area contributed by atoms with Gasteiger partial charge in [0.15, 0.2) is 0 Å². The minimum Gasteiger partial charge on any atom is -0.358 e. The Balaban J connectivity index is 1.26. The molecule has 1 atom stereocenters.